The number of aromatic amines is 1. The van der Waals surface area contributed by atoms with Gasteiger partial charge in [0, 0.05) is 12.7 Å². The summed E-state index contributed by atoms with van der Waals surface area (Å²) in [5, 5.41) is 7.12. The Morgan fingerprint density at radius 2 is 2.10 bits per heavy atom. The maximum absolute atomic E-state index is 12.7. The van der Waals surface area contributed by atoms with Gasteiger partial charge in [-0.15, -0.1) is 0 Å². The molecule has 0 unspecified atom stereocenters. The molecule has 110 valence electrons. The number of carbonyl (C=O) groups excluding carboxylic acids is 1. The average Bonchev–Trinajstić information content (AvgIpc) is 2.93. The first-order chi connectivity index (χ1) is 10.2. The van der Waals surface area contributed by atoms with Gasteiger partial charge in [0.15, 0.2) is 0 Å². The first-order valence-electron chi connectivity index (χ1n) is 7.26. The monoisotopic (exact) mass is 285 g/mol. The van der Waals surface area contributed by atoms with Crippen molar-refractivity contribution < 1.29 is 4.79 Å². The van der Waals surface area contributed by atoms with Crippen LogP contribution < -0.4 is 0 Å². The summed E-state index contributed by atoms with van der Waals surface area (Å²) in [6.45, 7) is 4.62. The van der Waals surface area contributed by atoms with Crippen LogP contribution in [0.1, 0.15) is 52.7 Å². The fourth-order valence-corrected chi connectivity index (χ4v) is 2.82. The van der Waals surface area contributed by atoms with E-state index < -0.39 is 0 Å². The van der Waals surface area contributed by atoms with Crippen LogP contribution in [0.25, 0.3) is 0 Å². The number of nitrogens with zero attached hydrogens (tertiary/aromatic N) is 4. The van der Waals surface area contributed by atoms with E-state index in [2.05, 4.69) is 20.2 Å². The molecule has 1 N–H and O–H groups in total. The van der Waals surface area contributed by atoms with E-state index in [1.165, 1.54) is 0 Å². The summed E-state index contributed by atoms with van der Waals surface area (Å²) < 4.78 is 0. The number of nitrogens with one attached hydrogen (secondary N) is 1. The highest BCUT2D eigenvalue weighted by Crippen LogP contribution is 2.32. The third-order valence-corrected chi connectivity index (χ3v) is 3.96. The third kappa shape index (κ3) is 2.66. The zero-order valence-electron chi connectivity index (χ0n) is 12.3. The highest BCUT2D eigenvalue weighted by molar-refractivity contribution is 5.92. The highest BCUT2D eigenvalue weighted by atomic mass is 16.2. The molecule has 0 aromatic carbocycles. The Morgan fingerprint density at radius 3 is 2.76 bits per heavy atom. The largest absolute Gasteiger partial charge is 0.329 e. The van der Waals surface area contributed by atoms with Gasteiger partial charge in [0.1, 0.15) is 5.69 Å². The molecule has 6 heteroatoms. The summed E-state index contributed by atoms with van der Waals surface area (Å²) >= 11 is 0. The molecule has 1 aliphatic rings. The van der Waals surface area contributed by atoms with Crippen molar-refractivity contribution in [2.75, 3.05) is 6.54 Å². The number of hydrogen-bond acceptors (Lipinski definition) is 4. The van der Waals surface area contributed by atoms with E-state index in [0.717, 1.165) is 42.8 Å². The molecular formula is C15H19N5O. The SMILES string of the molecule is Cc1cnc(C(=O)N2CCCC[C@@H]2c2[nH]ncc2C)cn1. The van der Waals surface area contributed by atoms with Crippen LogP contribution in [0, 0.1) is 13.8 Å². The molecule has 0 bridgehead atoms. The fourth-order valence-electron chi connectivity index (χ4n) is 2.82. The third-order valence-electron chi connectivity index (χ3n) is 3.96. The molecule has 1 fully saturated rings. The summed E-state index contributed by atoms with van der Waals surface area (Å²) in [7, 11) is 0. The van der Waals surface area contributed by atoms with Gasteiger partial charge >= 0.3 is 0 Å². The second kappa shape index (κ2) is 5.63. The smallest absolute Gasteiger partial charge is 0.274 e. The van der Waals surface area contributed by atoms with Crippen molar-refractivity contribution in [2.24, 2.45) is 0 Å². The number of hydrogen-bond donors (Lipinski definition) is 1. The zero-order valence-corrected chi connectivity index (χ0v) is 12.3. The minimum Gasteiger partial charge on any atom is -0.329 e. The molecule has 21 heavy (non-hydrogen) atoms. The van der Waals surface area contributed by atoms with E-state index in [-0.39, 0.29) is 11.9 Å². The molecule has 6 nitrogen and oxygen atoms in total. The number of aryl methyl sites for hydroxylation is 2. The van der Waals surface area contributed by atoms with E-state index in [9.17, 15) is 4.79 Å². The quantitative estimate of drug-likeness (QED) is 0.917. The number of H-pyrrole nitrogens is 1. The van der Waals surface area contributed by atoms with Gasteiger partial charge in [-0.2, -0.15) is 5.10 Å². The average molecular weight is 285 g/mol. The lowest BCUT2D eigenvalue weighted by atomic mass is 9.97. The van der Waals surface area contributed by atoms with Crippen LogP contribution in [0.2, 0.25) is 0 Å². The maximum Gasteiger partial charge on any atom is 0.274 e. The summed E-state index contributed by atoms with van der Waals surface area (Å²) in [6, 6.07) is 0.0526. The van der Waals surface area contributed by atoms with Crippen molar-refractivity contribution in [1.82, 2.24) is 25.1 Å². The van der Waals surface area contributed by atoms with Gasteiger partial charge in [-0.05, 0) is 38.7 Å². The summed E-state index contributed by atoms with van der Waals surface area (Å²) in [4.78, 5) is 23.0. The molecular weight excluding hydrogens is 266 g/mol. The molecule has 0 radical (unpaired) electrons. The van der Waals surface area contributed by atoms with E-state index in [1.54, 1.807) is 18.6 Å². The molecule has 3 heterocycles. The van der Waals surface area contributed by atoms with E-state index in [0.29, 0.717) is 5.69 Å². The fraction of sp³-hybridized carbons (Fsp3) is 0.467. The number of likely N-dealkylation sites (tertiary alicyclic amines) is 1. The second-order valence-corrected chi connectivity index (χ2v) is 5.52. The molecule has 1 saturated heterocycles. The first kappa shape index (κ1) is 13.7. The van der Waals surface area contributed by atoms with Gasteiger partial charge in [-0.25, -0.2) is 4.98 Å². The highest BCUT2D eigenvalue weighted by Gasteiger charge is 2.31. The van der Waals surface area contributed by atoms with Gasteiger partial charge in [0.25, 0.3) is 5.91 Å². The van der Waals surface area contributed by atoms with E-state index >= 15 is 0 Å². The lowest BCUT2D eigenvalue weighted by Gasteiger charge is -2.35. The summed E-state index contributed by atoms with van der Waals surface area (Å²) in [6.07, 6.45) is 8.09. The van der Waals surface area contributed by atoms with Gasteiger partial charge in [-0.1, -0.05) is 0 Å². The van der Waals surface area contributed by atoms with Crippen molar-refractivity contribution in [3.8, 4) is 0 Å². The Morgan fingerprint density at radius 1 is 1.24 bits per heavy atom. The van der Waals surface area contributed by atoms with Crippen LogP contribution in [0.15, 0.2) is 18.6 Å². The standard InChI is InChI=1S/C15H19N5O/c1-10-7-18-19-14(10)13-5-3-4-6-20(13)15(21)12-9-16-11(2)8-17-12/h7-9,13H,3-6H2,1-2H3,(H,18,19)/t13-/m1/s1. The van der Waals surface area contributed by atoms with Crippen molar-refractivity contribution in [2.45, 2.75) is 39.2 Å². The Labute approximate surface area is 123 Å². The Bertz CT molecular complexity index is 634. The predicted octanol–water partition coefficient (Wildman–Crippen LogP) is 2.18. The van der Waals surface area contributed by atoms with E-state index in [1.807, 2.05) is 18.7 Å². The minimum atomic E-state index is -0.0544. The first-order valence-corrected chi connectivity index (χ1v) is 7.26. The number of piperidine rings is 1. The van der Waals surface area contributed by atoms with Gasteiger partial charge in [-0.3, -0.25) is 14.9 Å². The molecule has 2 aromatic heterocycles. The predicted molar refractivity (Wildman–Crippen MR) is 77.7 cm³/mol. The maximum atomic E-state index is 12.7. The molecule has 3 rings (SSSR count). The normalized spacial score (nSPS) is 18.8. The Hall–Kier alpha value is -2.24. The van der Waals surface area contributed by atoms with Crippen molar-refractivity contribution >= 4 is 5.91 Å². The second-order valence-electron chi connectivity index (χ2n) is 5.52. The van der Waals surface area contributed by atoms with Crippen LogP contribution in [0.3, 0.4) is 0 Å². The molecule has 2 aromatic rings. The summed E-state index contributed by atoms with van der Waals surface area (Å²) in [5.74, 6) is -0.0544. The lowest BCUT2D eigenvalue weighted by Crippen LogP contribution is -2.39. The molecule has 0 saturated carbocycles. The van der Waals surface area contributed by atoms with Gasteiger partial charge < -0.3 is 4.90 Å². The number of rotatable bonds is 2. The van der Waals surface area contributed by atoms with Crippen molar-refractivity contribution in [3.05, 3.63) is 41.2 Å². The Kier molecular flexibility index (Phi) is 3.68. The minimum absolute atomic E-state index is 0.0526. The molecule has 0 spiro atoms. The Balaban J connectivity index is 1.89. The summed E-state index contributed by atoms with van der Waals surface area (Å²) in [5.41, 5.74) is 3.34. The molecule has 1 amide bonds. The lowest BCUT2D eigenvalue weighted by molar-refractivity contribution is 0.0598. The van der Waals surface area contributed by atoms with Gasteiger partial charge in [0.2, 0.25) is 0 Å². The van der Waals surface area contributed by atoms with Crippen LogP contribution >= 0.6 is 0 Å². The zero-order chi connectivity index (χ0) is 14.8. The van der Waals surface area contributed by atoms with Gasteiger partial charge in [0.05, 0.1) is 29.8 Å². The van der Waals surface area contributed by atoms with Crippen molar-refractivity contribution in [1.29, 1.82) is 0 Å². The van der Waals surface area contributed by atoms with Crippen LogP contribution in [0.4, 0.5) is 0 Å². The number of aromatic nitrogens is 4. The van der Waals surface area contributed by atoms with Crippen LogP contribution in [-0.2, 0) is 0 Å². The van der Waals surface area contributed by atoms with E-state index in [4.69, 9.17) is 0 Å². The molecule has 0 aliphatic carbocycles. The van der Waals surface area contributed by atoms with Crippen molar-refractivity contribution in [3.63, 3.8) is 0 Å². The van der Waals surface area contributed by atoms with Crippen LogP contribution in [0.5, 0.6) is 0 Å². The topological polar surface area (TPSA) is 74.8 Å². The molecule has 1 atom stereocenters. The molecule has 1 aliphatic heterocycles. The van der Waals surface area contributed by atoms with Crippen LogP contribution in [-0.4, -0.2) is 37.5 Å². The number of amides is 1. The number of carbonyl (C=O) groups is 1.